The quantitative estimate of drug-likeness (QED) is 0.833. The summed E-state index contributed by atoms with van der Waals surface area (Å²) in [5, 5.41) is 14.8. The number of benzene rings is 1. The van der Waals surface area contributed by atoms with E-state index in [2.05, 4.69) is 21.0 Å². The molecule has 0 aliphatic rings. The molecule has 1 N–H and O–H groups in total. The van der Waals surface area contributed by atoms with Crippen molar-refractivity contribution in [3.8, 4) is 0 Å². The second kappa shape index (κ2) is 6.24. The molecule has 1 aromatic carbocycles. The lowest BCUT2D eigenvalue weighted by atomic mass is 10.1. The number of nitrogens with zero attached hydrogens (tertiary/aromatic N) is 2. The van der Waals surface area contributed by atoms with Crippen molar-refractivity contribution in [3.63, 3.8) is 0 Å². The maximum Gasteiger partial charge on any atom is 0.149 e. The van der Waals surface area contributed by atoms with Gasteiger partial charge in [0.05, 0.1) is 16.4 Å². The smallest absolute Gasteiger partial charge is 0.149 e. The zero-order chi connectivity index (χ0) is 14.9. The number of aryl methyl sites for hydroxylation is 2. The van der Waals surface area contributed by atoms with E-state index in [9.17, 15) is 9.50 Å². The molecule has 1 atom stereocenters. The number of halogens is 3. The summed E-state index contributed by atoms with van der Waals surface area (Å²) in [5.74, 6) is -0.615. The van der Waals surface area contributed by atoms with E-state index in [1.165, 1.54) is 6.07 Å². The van der Waals surface area contributed by atoms with Gasteiger partial charge in [-0.3, -0.25) is 4.68 Å². The van der Waals surface area contributed by atoms with Gasteiger partial charge in [0, 0.05) is 16.6 Å². The Morgan fingerprint density at radius 3 is 2.75 bits per heavy atom. The Bertz CT molecular complexity index is 630. The van der Waals surface area contributed by atoms with Gasteiger partial charge in [-0.15, -0.1) is 0 Å². The molecule has 0 radical (unpaired) electrons. The van der Waals surface area contributed by atoms with Crippen LogP contribution in [0.5, 0.6) is 0 Å². The number of aliphatic hydroxyl groups is 1. The number of aromatic nitrogens is 2. The molecule has 2 rings (SSSR count). The molecule has 0 saturated heterocycles. The Labute approximate surface area is 130 Å². The molecule has 3 nitrogen and oxygen atoms in total. The summed E-state index contributed by atoms with van der Waals surface area (Å²) < 4.78 is 16.3. The summed E-state index contributed by atoms with van der Waals surface area (Å²) in [6.07, 6.45) is -0.329. The minimum Gasteiger partial charge on any atom is -0.382 e. The number of hydrogen-bond donors (Lipinski definition) is 1. The minimum atomic E-state index is -1.09. The van der Waals surface area contributed by atoms with Crippen LogP contribution >= 0.6 is 27.5 Å². The second-order valence-electron chi connectivity index (χ2n) is 4.40. The summed E-state index contributed by atoms with van der Waals surface area (Å²) in [6.45, 7) is 4.52. The molecule has 1 aromatic heterocycles. The number of aliphatic hydroxyl groups excluding tert-OH is 1. The highest BCUT2D eigenvalue weighted by molar-refractivity contribution is 9.10. The Balaban J connectivity index is 2.48. The van der Waals surface area contributed by atoms with Gasteiger partial charge in [-0.05, 0) is 41.4 Å². The van der Waals surface area contributed by atoms with E-state index in [4.69, 9.17) is 11.6 Å². The zero-order valence-electron chi connectivity index (χ0n) is 11.2. The third kappa shape index (κ3) is 2.75. The first-order valence-corrected chi connectivity index (χ1v) is 7.54. The van der Waals surface area contributed by atoms with E-state index < -0.39 is 11.9 Å². The third-order valence-electron chi connectivity index (χ3n) is 3.16. The van der Waals surface area contributed by atoms with E-state index >= 15 is 0 Å². The van der Waals surface area contributed by atoms with Gasteiger partial charge in [0.25, 0.3) is 0 Å². The first-order valence-electron chi connectivity index (χ1n) is 6.37. The van der Waals surface area contributed by atoms with Crippen LogP contribution in [0.15, 0.2) is 22.7 Å². The van der Waals surface area contributed by atoms with Crippen LogP contribution in [0.2, 0.25) is 5.02 Å². The Morgan fingerprint density at radius 1 is 1.45 bits per heavy atom. The third-order valence-corrected chi connectivity index (χ3v) is 4.42. The van der Waals surface area contributed by atoms with E-state index in [1.807, 2.05) is 13.8 Å². The fourth-order valence-electron chi connectivity index (χ4n) is 2.04. The Hall–Kier alpha value is -0.910. The monoisotopic (exact) mass is 360 g/mol. The van der Waals surface area contributed by atoms with Crippen LogP contribution in [-0.2, 0) is 13.0 Å². The Kier molecular flexibility index (Phi) is 4.83. The molecule has 20 heavy (non-hydrogen) atoms. The van der Waals surface area contributed by atoms with Crippen molar-refractivity contribution in [1.82, 2.24) is 9.78 Å². The molecule has 0 aliphatic heterocycles. The summed E-state index contributed by atoms with van der Waals surface area (Å²) >= 11 is 9.02. The fourth-order valence-corrected chi connectivity index (χ4v) is 2.52. The summed E-state index contributed by atoms with van der Waals surface area (Å²) in [6, 6.07) is 4.94. The normalized spacial score (nSPS) is 12.7. The summed E-state index contributed by atoms with van der Waals surface area (Å²) in [5.41, 5.74) is 1.58. The molecule has 0 spiro atoms. The van der Waals surface area contributed by atoms with Gasteiger partial charge in [0.1, 0.15) is 11.9 Å². The van der Waals surface area contributed by atoms with Crippen LogP contribution in [0.3, 0.4) is 0 Å². The van der Waals surface area contributed by atoms with Crippen LogP contribution in [0, 0.1) is 5.82 Å². The molecule has 1 heterocycles. The number of hydrogen-bond acceptors (Lipinski definition) is 2. The molecule has 6 heteroatoms. The SMILES string of the molecule is CCc1cc(C(O)c2ccc(Br)c(Cl)c2F)n(CC)n1. The van der Waals surface area contributed by atoms with Gasteiger partial charge >= 0.3 is 0 Å². The molecule has 0 bridgehead atoms. The van der Waals surface area contributed by atoms with Crippen molar-refractivity contribution in [2.24, 2.45) is 0 Å². The van der Waals surface area contributed by atoms with Gasteiger partial charge in [-0.25, -0.2) is 4.39 Å². The summed E-state index contributed by atoms with van der Waals surface area (Å²) in [7, 11) is 0. The summed E-state index contributed by atoms with van der Waals surface area (Å²) in [4.78, 5) is 0. The molecule has 0 fully saturated rings. The van der Waals surface area contributed by atoms with Crippen molar-refractivity contribution in [2.45, 2.75) is 32.9 Å². The van der Waals surface area contributed by atoms with Crippen molar-refractivity contribution in [3.05, 3.63) is 50.5 Å². The maximum absolute atomic E-state index is 14.2. The standard InChI is InChI=1S/C14H15BrClFN2O/c1-3-8-7-11(19(4-2)18-8)14(20)9-5-6-10(15)12(16)13(9)17/h5-7,14,20H,3-4H2,1-2H3. The van der Waals surface area contributed by atoms with Crippen LogP contribution in [0.1, 0.15) is 36.9 Å². The van der Waals surface area contributed by atoms with Crippen molar-refractivity contribution in [2.75, 3.05) is 0 Å². The van der Waals surface area contributed by atoms with E-state index in [1.54, 1.807) is 16.8 Å². The average molecular weight is 362 g/mol. The highest BCUT2D eigenvalue weighted by atomic mass is 79.9. The van der Waals surface area contributed by atoms with E-state index in [-0.39, 0.29) is 10.6 Å². The first-order chi connectivity index (χ1) is 9.49. The fraction of sp³-hybridized carbons (Fsp3) is 0.357. The molecule has 2 aromatic rings. The lowest BCUT2D eigenvalue weighted by molar-refractivity contribution is 0.203. The van der Waals surface area contributed by atoms with Crippen LogP contribution in [0.4, 0.5) is 4.39 Å². The largest absolute Gasteiger partial charge is 0.382 e. The Morgan fingerprint density at radius 2 is 2.15 bits per heavy atom. The van der Waals surface area contributed by atoms with Crippen molar-refractivity contribution >= 4 is 27.5 Å². The topological polar surface area (TPSA) is 38.0 Å². The highest BCUT2D eigenvalue weighted by Gasteiger charge is 2.22. The molecular formula is C14H15BrClFN2O. The first kappa shape index (κ1) is 15.5. The minimum absolute atomic E-state index is 0.0279. The molecule has 0 aliphatic carbocycles. The zero-order valence-corrected chi connectivity index (χ0v) is 13.5. The highest BCUT2D eigenvalue weighted by Crippen LogP contribution is 2.33. The van der Waals surface area contributed by atoms with E-state index in [0.29, 0.717) is 16.7 Å². The van der Waals surface area contributed by atoms with Crippen LogP contribution in [-0.4, -0.2) is 14.9 Å². The van der Waals surface area contributed by atoms with Gasteiger partial charge in [0.15, 0.2) is 0 Å². The molecule has 0 amide bonds. The molecule has 0 saturated carbocycles. The average Bonchev–Trinajstić information content (AvgIpc) is 2.87. The number of rotatable bonds is 4. The maximum atomic E-state index is 14.2. The van der Waals surface area contributed by atoms with Gasteiger partial charge in [-0.1, -0.05) is 24.6 Å². The predicted molar refractivity (Wildman–Crippen MR) is 80.5 cm³/mol. The molecule has 108 valence electrons. The van der Waals surface area contributed by atoms with Crippen molar-refractivity contribution in [1.29, 1.82) is 0 Å². The van der Waals surface area contributed by atoms with Gasteiger partial charge < -0.3 is 5.11 Å². The molecule has 1 unspecified atom stereocenters. The second-order valence-corrected chi connectivity index (χ2v) is 5.63. The lowest BCUT2D eigenvalue weighted by Crippen LogP contribution is -2.10. The van der Waals surface area contributed by atoms with Gasteiger partial charge in [0.2, 0.25) is 0 Å². The van der Waals surface area contributed by atoms with Crippen LogP contribution < -0.4 is 0 Å². The predicted octanol–water partition coefficient (Wildman–Crippen LogP) is 4.10. The lowest BCUT2D eigenvalue weighted by Gasteiger charge is -2.14. The molecular weight excluding hydrogens is 347 g/mol. The van der Waals surface area contributed by atoms with E-state index in [0.717, 1.165) is 12.1 Å². The van der Waals surface area contributed by atoms with Gasteiger partial charge in [-0.2, -0.15) is 5.10 Å². The van der Waals surface area contributed by atoms with Crippen molar-refractivity contribution < 1.29 is 9.50 Å². The van der Waals surface area contributed by atoms with Crippen LogP contribution in [0.25, 0.3) is 0 Å².